The van der Waals surface area contributed by atoms with E-state index in [1.54, 1.807) is 17.8 Å². The molecule has 2 rings (SSSR count). The Morgan fingerprint density at radius 1 is 1.33 bits per heavy atom. The van der Waals surface area contributed by atoms with Gasteiger partial charge in [0.15, 0.2) is 0 Å². The highest BCUT2D eigenvalue weighted by molar-refractivity contribution is 5.36. The zero-order chi connectivity index (χ0) is 15.6. The SMILES string of the molecule is CCc1nn(C)cc1C(NC)c1cccc(C(F)(F)F)c1. The lowest BCUT2D eigenvalue weighted by Gasteiger charge is -2.18. The van der Waals surface area contributed by atoms with Crippen LogP contribution in [0.2, 0.25) is 0 Å². The van der Waals surface area contributed by atoms with E-state index in [-0.39, 0.29) is 6.04 Å². The van der Waals surface area contributed by atoms with Crippen molar-refractivity contribution >= 4 is 0 Å². The maximum atomic E-state index is 12.9. The van der Waals surface area contributed by atoms with Crippen molar-refractivity contribution < 1.29 is 13.2 Å². The molecule has 0 aliphatic carbocycles. The minimum atomic E-state index is -4.34. The fourth-order valence-corrected chi connectivity index (χ4v) is 2.47. The Morgan fingerprint density at radius 3 is 2.62 bits per heavy atom. The summed E-state index contributed by atoms with van der Waals surface area (Å²) in [7, 11) is 3.54. The van der Waals surface area contributed by atoms with Gasteiger partial charge in [-0.05, 0) is 31.2 Å². The summed E-state index contributed by atoms with van der Waals surface area (Å²) in [6.45, 7) is 1.98. The third-order valence-electron chi connectivity index (χ3n) is 3.42. The van der Waals surface area contributed by atoms with Gasteiger partial charge < -0.3 is 5.32 Å². The maximum Gasteiger partial charge on any atom is 0.416 e. The fourth-order valence-electron chi connectivity index (χ4n) is 2.47. The predicted octanol–water partition coefficient (Wildman–Crippen LogP) is 3.31. The Bertz CT molecular complexity index is 617. The van der Waals surface area contributed by atoms with E-state index in [1.807, 2.05) is 20.2 Å². The average Bonchev–Trinajstić information content (AvgIpc) is 2.80. The molecule has 1 N–H and O–H groups in total. The van der Waals surface area contributed by atoms with Crippen LogP contribution in [0.3, 0.4) is 0 Å². The number of nitrogens with zero attached hydrogens (tertiary/aromatic N) is 2. The van der Waals surface area contributed by atoms with Gasteiger partial charge in [0.25, 0.3) is 0 Å². The monoisotopic (exact) mass is 297 g/mol. The molecular formula is C15H18F3N3. The summed E-state index contributed by atoms with van der Waals surface area (Å²) in [6.07, 6.45) is -1.76. The third kappa shape index (κ3) is 3.26. The Balaban J connectivity index is 2.46. The van der Waals surface area contributed by atoms with Crippen LogP contribution in [0.1, 0.15) is 35.3 Å². The molecule has 1 aromatic carbocycles. The van der Waals surface area contributed by atoms with Crippen LogP contribution < -0.4 is 5.32 Å². The lowest BCUT2D eigenvalue weighted by atomic mass is 9.97. The van der Waals surface area contributed by atoms with Crippen LogP contribution in [0.25, 0.3) is 0 Å². The third-order valence-corrected chi connectivity index (χ3v) is 3.42. The second kappa shape index (κ2) is 5.89. The van der Waals surface area contributed by atoms with Crippen LogP contribution in [0.5, 0.6) is 0 Å². The normalized spacial score (nSPS) is 13.4. The van der Waals surface area contributed by atoms with E-state index < -0.39 is 11.7 Å². The number of hydrogen-bond acceptors (Lipinski definition) is 2. The minimum Gasteiger partial charge on any atom is -0.309 e. The average molecular weight is 297 g/mol. The first kappa shape index (κ1) is 15.6. The van der Waals surface area contributed by atoms with Crippen LogP contribution >= 0.6 is 0 Å². The van der Waals surface area contributed by atoms with E-state index in [4.69, 9.17) is 0 Å². The van der Waals surface area contributed by atoms with Gasteiger partial charge >= 0.3 is 6.18 Å². The van der Waals surface area contributed by atoms with Crippen LogP contribution in [0, 0.1) is 0 Å². The largest absolute Gasteiger partial charge is 0.416 e. The van der Waals surface area contributed by atoms with Gasteiger partial charge in [-0.25, -0.2) is 0 Å². The van der Waals surface area contributed by atoms with Crippen molar-refractivity contribution in [2.45, 2.75) is 25.6 Å². The summed E-state index contributed by atoms with van der Waals surface area (Å²) < 4.78 is 40.2. The topological polar surface area (TPSA) is 29.9 Å². The number of rotatable bonds is 4. The molecule has 114 valence electrons. The highest BCUT2D eigenvalue weighted by Crippen LogP contribution is 2.32. The number of benzene rings is 1. The molecule has 0 saturated heterocycles. The number of alkyl halides is 3. The standard InChI is InChI=1S/C15H18F3N3/c1-4-13-12(9-21(3)20-13)14(19-2)10-6-5-7-11(8-10)15(16,17)18/h5-9,14,19H,4H2,1-3H3. The molecule has 0 amide bonds. The predicted molar refractivity (Wildman–Crippen MR) is 74.9 cm³/mol. The maximum absolute atomic E-state index is 12.9. The van der Waals surface area contributed by atoms with Crippen LogP contribution in [-0.2, 0) is 19.6 Å². The summed E-state index contributed by atoms with van der Waals surface area (Å²) in [6, 6.07) is 5.09. The Hall–Kier alpha value is -1.82. The second-order valence-electron chi connectivity index (χ2n) is 4.90. The Morgan fingerprint density at radius 2 is 2.05 bits per heavy atom. The summed E-state index contributed by atoms with van der Waals surface area (Å²) >= 11 is 0. The van der Waals surface area contributed by atoms with Gasteiger partial charge in [-0.1, -0.05) is 19.1 Å². The molecule has 3 nitrogen and oxygen atoms in total. The molecule has 6 heteroatoms. The molecule has 1 heterocycles. The van der Waals surface area contributed by atoms with E-state index in [0.29, 0.717) is 5.56 Å². The molecule has 1 unspecified atom stereocenters. The van der Waals surface area contributed by atoms with Crippen molar-refractivity contribution in [3.63, 3.8) is 0 Å². The van der Waals surface area contributed by atoms with Crippen molar-refractivity contribution in [2.75, 3.05) is 7.05 Å². The molecule has 0 fully saturated rings. The van der Waals surface area contributed by atoms with Crippen molar-refractivity contribution in [1.29, 1.82) is 0 Å². The molecule has 0 radical (unpaired) electrons. The summed E-state index contributed by atoms with van der Waals surface area (Å²) in [4.78, 5) is 0. The molecule has 0 bridgehead atoms. The quantitative estimate of drug-likeness (QED) is 0.938. The number of aryl methyl sites for hydroxylation is 2. The minimum absolute atomic E-state index is 0.309. The number of nitrogens with one attached hydrogen (secondary N) is 1. The smallest absolute Gasteiger partial charge is 0.309 e. The van der Waals surface area contributed by atoms with Crippen molar-refractivity contribution in [2.24, 2.45) is 7.05 Å². The van der Waals surface area contributed by atoms with Crippen LogP contribution in [-0.4, -0.2) is 16.8 Å². The van der Waals surface area contributed by atoms with E-state index in [0.717, 1.165) is 23.7 Å². The number of halogens is 3. The lowest BCUT2D eigenvalue weighted by molar-refractivity contribution is -0.137. The Kier molecular flexibility index (Phi) is 4.37. The summed E-state index contributed by atoms with van der Waals surface area (Å²) in [5, 5.41) is 7.43. The Labute approximate surface area is 121 Å². The lowest BCUT2D eigenvalue weighted by Crippen LogP contribution is -2.19. The van der Waals surface area contributed by atoms with Crippen LogP contribution in [0.15, 0.2) is 30.5 Å². The molecule has 21 heavy (non-hydrogen) atoms. The van der Waals surface area contributed by atoms with Gasteiger partial charge in [0.2, 0.25) is 0 Å². The highest BCUT2D eigenvalue weighted by atomic mass is 19.4. The van der Waals surface area contributed by atoms with Crippen molar-refractivity contribution in [3.8, 4) is 0 Å². The molecule has 0 spiro atoms. The first-order valence-electron chi connectivity index (χ1n) is 6.73. The van der Waals surface area contributed by atoms with Gasteiger partial charge in [-0.3, -0.25) is 4.68 Å². The van der Waals surface area contributed by atoms with Gasteiger partial charge in [-0.15, -0.1) is 0 Å². The van der Waals surface area contributed by atoms with Gasteiger partial charge in [0, 0.05) is 18.8 Å². The van der Waals surface area contributed by atoms with Gasteiger partial charge in [-0.2, -0.15) is 18.3 Å². The molecule has 2 aromatic rings. The number of aromatic nitrogens is 2. The molecule has 0 aliphatic rings. The van der Waals surface area contributed by atoms with Crippen molar-refractivity contribution in [3.05, 3.63) is 52.8 Å². The zero-order valence-corrected chi connectivity index (χ0v) is 12.2. The summed E-state index contributed by atoms with van der Waals surface area (Å²) in [5.74, 6) is 0. The number of hydrogen-bond donors (Lipinski definition) is 1. The highest BCUT2D eigenvalue weighted by Gasteiger charge is 2.31. The first-order valence-corrected chi connectivity index (χ1v) is 6.73. The van der Waals surface area contributed by atoms with Crippen molar-refractivity contribution in [1.82, 2.24) is 15.1 Å². The molecule has 1 atom stereocenters. The van der Waals surface area contributed by atoms with Gasteiger partial charge in [0.05, 0.1) is 17.3 Å². The molecule has 1 aromatic heterocycles. The molecule has 0 saturated carbocycles. The second-order valence-corrected chi connectivity index (χ2v) is 4.90. The van der Waals surface area contributed by atoms with E-state index in [9.17, 15) is 13.2 Å². The van der Waals surface area contributed by atoms with E-state index in [2.05, 4.69) is 10.4 Å². The fraction of sp³-hybridized carbons (Fsp3) is 0.400. The zero-order valence-electron chi connectivity index (χ0n) is 12.2. The molecular weight excluding hydrogens is 279 g/mol. The first-order chi connectivity index (χ1) is 9.86. The van der Waals surface area contributed by atoms with Gasteiger partial charge in [0.1, 0.15) is 0 Å². The molecule has 0 aliphatic heterocycles. The van der Waals surface area contributed by atoms with E-state index in [1.165, 1.54) is 12.1 Å². The van der Waals surface area contributed by atoms with Crippen LogP contribution in [0.4, 0.5) is 13.2 Å². The van der Waals surface area contributed by atoms with E-state index >= 15 is 0 Å². The summed E-state index contributed by atoms with van der Waals surface area (Å²) in [5.41, 5.74) is 1.73.